The van der Waals surface area contributed by atoms with Crippen molar-refractivity contribution in [3.8, 4) is 11.5 Å². The van der Waals surface area contributed by atoms with Gasteiger partial charge in [-0.25, -0.2) is 0 Å². The van der Waals surface area contributed by atoms with Gasteiger partial charge in [-0.2, -0.15) is 0 Å². The fourth-order valence-electron chi connectivity index (χ4n) is 2.36. The summed E-state index contributed by atoms with van der Waals surface area (Å²) in [6.07, 6.45) is 2.01. The van der Waals surface area contributed by atoms with E-state index in [9.17, 15) is 15.0 Å². The number of phenols is 2. The van der Waals surface area contributed by atoms with Crippen molar-refractivity contribution in [2.75, 3.05) is 0 Å². The molecule has 0 heterocycles. The number of fused-ring (bicyclic) bond motifs is 1. The van der Waals surface area contributed by atoms with E-state index in [1.54, 1.807) is 12.1 Å². The van der Waals surface area contributed by atoms with Crippen LogP contribution < -0.4 is 0 Å². The Balaban J connectivity index is 2.07. The van der Waals surface area contributed by atoms with E-state index in [4.69, 9.17) is 11.6 Å². The summed E-state index contributed by atoms with van der Waals surface area (Å²) >= 11 is 6.07. The molecular formula is C16H11ClO3. The maximum atomic E-state index is 12.3. The first-order valence-electron chi connectivity index (χ1n) is 6.11. The molecule has 1 aliphatic rings. The summed E-state index contributed by atoms with van der Waals surface area (Å²) in [6, 6.07) is 10.1. The summed E-state index contributed by atoms with van der Waals surface area (Å²) in [7, 11) is 0. The number of ketones is 1. The van der Waals surface area contributed by atoms with E-state index in [1.165, 1.54) is 12.1 Å². The van der Waals surface area contributed by atoms with Crippen LogP contribution >= 0.6 is 11.6 Å². The maximum Gasteiger partial charge on any atom is 0.189 e. The third-order valence-electron chi connectivity index (χ3n) is 3.40. The SMILES string of the molecule is O=C1/C(=C/c2ccccc2Cl)Cc2c1ccc(O)c2O. The van der Waals surface area contributed by atoms with Crippen LogP contribution in [0.25, 0.3) is 6.08 Å². The third kappa shape index (κ3) is 1.96. The third-order valence-corrected chi connectivity index (χ3v) is 3.74. The van der Waals surface area contributed by atoms with Crippen LogP contribution in [0.4, 0.5) is 0 Å². The van der Waals surface area contributed by atoms with Crippen molar-refractivity contribution in [2.24, 2.45) is 0 Å². The molecule has 0 bridgehead atoms. The van der Waals surface area contributed by atoms with Crippen molar-refractivity contribution in [3.05, 3.63) is 63.7 Å². The highest BCUT2D eigenvalue weighted by Gasteiger charge is 2.28. The Morgan fingerprint density at radius 2 is 1.85 bits per heavy atom. The number of benzene rings is 2. The molecule has 0 atom stereocenters. The highest BCUT2D eigenvalue weighted by molar-refractivity contribution is 6.32. The zero-order chi connectivity index (χ0) is 14.3. The highest BCUT2D eigenvalue weighted by Crippen LogP contribution is 2.39. The van der Waals surface area contributed by atoms with Crippen LogP contribution in [-0.4, -0.2) is 16.0 Å². The normalized spacial score (nSPS) is 15.7. The fraction of sp³-hybridized carbons (Fsp3) is 0.0625. The van der Waals surface area contributed by atoms with Gasteiger partial charge >= 0.3 is 0 Å². The molecule has 0 aromatic heterocycles. The Morgan fingerprint density at radius 1 is 1.10 bits per heavy atom. The van der Waals surface area contributed by atoms with E-state index < -0.39 is 0 Å². The highest BCUT2D eigenvalue weighted by atomic mass is 35.5. The van der Waals surface area contributed by atoms with Crippen LogP contribution in [0.1, 0.15) is 21.5 Å². The van der Waals surface area contributed by atoms with E-state index in [0.717, 1.165) is 5.56 Å². The molecule has 2 aromatic rings. The van der Waals surface area contributed by atoms with E-state index in [-0.39, 0.29) is 17.3 Å². The number of allylic oxidation sites excluding steroid dienone is 1. The topological polar surface area (TPSA) is 57.5 Å². The molecule has 3 rings (SSSR count). The van der Waals surface area contributed by atoms with Crippen LogP contribution in [0.2, 0.25) is 5.02 Å². The molecule has 100 valence electrons. The number of aromatic hydroxyl groups is 2. The summed E-state index contributed by atoms with van der Waals surface area (Å²) in [5.74, 6) is -0.579. The Bertz CT molecular complexity index is 747. The molecular weight excluding hydrogens is 276 g/mol. The second kappa shape index (κ2) is 4.69. The predicted molar refractivity (Wildman–Crippen MR) is 77.2 cm³/mol. The molecule has 0 fully saturated rings. The number of rotatable bonds is 1. The van der Waals surface area contributed by atoms with Crippen molar-refractivity contribution in [1.82, 2.24) is 0 Å². The Labute approximate surface area is 120 Å². The molecule has 1 aliphatic carbocycles. The van der Waals surface area contributed by atoms with Gasteiger partial charge in [0.2, 0.25) is 0 Å². The number of carbonyl (C=O) groups is 1. The molecule has 0 spiro atoms. The Morgan fingerprint density at radius 3 is 2.60 bits per heavy atom. The summed E-state index contributed by atoms with van der Waals surface area (Å²) < 4.78 is 0. The van der Waals surface area contributed by atoms with Gasteiger partial charge in [0.25, 0.3) is 0 Å². The molecule has 0 saturated carbocycles. The lowest BCUT2D eigenvalue weighted by atomic mass is 10.1. The zero-order valence-electron chi connectivity index (χ0n) is 10.4. The first-order chi connectivity index (χ1) is 9.58. The minimum Gasteiger partial charge on any atom is -0.504 e. The number of halogens is 1. The van der Waals surface area contributed by atoms with E-state index in [2.05, 4.69) is 0 Å². The fourth-order valence-corrected chi connectivity index (χ4v) is 2.55. The molecule has 2 aromatic carbocycles. The van der Waals surface area contributed by atoms with E-state index in [1.807, 2.05) is 18.2 Å². The van der Waals surface area contributed by atoms with Gasteiger partial charge in [0.1, 0.15) is 0 Å². The first-order valence-corrected chi connectivity index (χ1v) is 6.49. The van der Waals surface area contributed by atoms with Crippen LogP contribution in [0.15, 0.2) is 42.0 Å². The van der Waals surface area contributed by atoms with Gasteiger partial charge < -0.3 is 10.2 Å². The van der Waals surface area contributed by atoms with Gasteiger partial charge in [0, 0.05) is 28.1 Å². The molecule has 4 heteroatoms. The van der Waals surface area contributed by atoms with Crippen LogP contribution in [0.3, 0.4) is 0 Å². The van der Waals surface area contributed by atoms with Crippen LogP contribution in [-0.2, 0) is 6.42 Å². The van der Waals surface area contributed by atoms with Gasteiger partial charge in [0.15, 0.2) is 17.3 Å². The zero-order valence-corrected chi connectivity index (χ0v) is 11.2. The maximum absolute atomic E-state index is 12.3. The largest absolute Gasteiger partial charge is 0.504 e. The van der Waals surface area contributed by atoms with Gasteiger partial charge in [-0.05, 0) is 29.8 Å². The molecule has 0 saturated heterocycles. The summed E-state index contributed by atoms with van der Waals surface area (Å²) in [4.78, 5) is 12.3. The number of hydrogen-bond acceptors (Lipinski definition) is 3. The summed E-state index contributed by atoms with van der Waals surface area (Å²) in [5, 5.41) is 19.9. The molecule has 2 N–H and O–H groups in total. The average Bonchev–Trinajstić information content (AvgIpc) is 2.75. The van der Waals surface area contributed by atoms with Gasteiger partial charge in [-0.15, -0.1) is 0 Å². The van der Waals surface area contributed by atoms with E-state index in [0.29, 0.717) is 28.1 Å². The van der Waals surface area contributed by atoms with E-state index >= 15 is 0 Å². The van der Waals surface area contributed by atoms with Crippen molar-refractivity contribution < 1.29 is 15.0 Å². The number of hydrogen-bond donors (Lipinski definition) is 2. The number of carbonyl (C=O) groups excluding carboxylic acids is 1. The Hall–Kier alpha value is -2.26. The molecule has 0 unspecified atom stereocenters. The minimum atomic E-state index is -0.224. The first kappa shape index (κ1) is 12.8. The van der Waals surface area contributed by atoms with Gasteiger partial charge in [-0.3, -0.25) is 4.79 Å². The molecule has 3 nitrogen and oxygen atoms in total. The molecule has 0 amide bonds. The average molecular weight is 287 g/mol. The van der Waals surface area contributed by atoms with Crippen LogP contribution in [0, 0.1) is 0 Å². The standard InChI is InChI=1S/C16H11ClO3/c17-13-4-2-1-3-9(13)7-10-8-12-11(15(10)19)5-6-14(18)16(12)20/h1-7,18,20H,8H2/b10-7+. The van der Waals surface area contributed by atoms with Gasteiger partial charge in [-0.1, -0.05) is 29.8 Å². The second-order valence-corrected chi connectivity index (χ2v) is 5.06. The smallest absolute Gasteiger partial charge is 0.189 e. The van der Waals surface area contributed by atoms with Gasteiger partial charge in [0.05, 0.1) is 0 Å². The molecule has 0 radical (unpaired) electrons. The molecule has 20 heavy (non-hydrogen) atoms. The van der Waals surface area contributed by atoms with Crippen molar-refractivity contribution in [2.45, 2.75) is 6.42 Å². The lowest BCUT2D eigenvalue weighted by Gasteiger charge is -2.02. The lowest BCUT2D eigenvalue weighted by molar-refractivity contribution is 0.104. The molecule has 0 aliphatic heterocycles. The summed E-state index contributed by atoms with van der Waals surface area (Å²) in [5.41, 5.74) is 2.20. The quantitative estimate of drug-likeness (QED) is 0.622. The minimum absolute atomic E-state index is 0.143. The summed E-state index contributed by atoms with van der Waals surface area (Å²) in [6.45, 7) is 0. The monoisotopic (exact) mass is 286 g/mol. The lowest BCUT2D eigenvalue weighted by Crippen LogP contribution is -1.95. The Kier molecular flexibility index (Phi) is 2.99. The van der Waals surface area contributed by atoms with Crippen molar-refractivity contribution >= 4 is 23.5 Å². The van der Waals surface area contributed by atoms with Crippen molar-refractivity contribution in [3.63, 3.8) is 0 Å². The van der Waals surface area contributed by atoms with Crippen molar-refractivity contribution in [1.29, 1.82) is 0 Å². The number of phenolic OH excluding ortho intramolecular Hbond substituents is 2. The van der Waals surface area contributed by atoms with Crippen LogP contribution in [0.5, 0.6) is 11.5 Å². The number of Topliss-reactive ketones (excluding diaryl/α,β-unsaturated/α-hetero) is 1. The second-order valence-electron chi connectivity index (χ2n) is 4.66. The predicted octanol–water partition coefficient (Wildman–Crippen LogP) is 3.57.